The van der Waals surface area contributed by atoms with E-state index in [9.17, 15) is 13.2 Å². The van der Waals surface area contributed by atoms with Gasteiger partial charge in [0.15, 0.2) is 0 Å². The Bertz CT molecular complexity index is 398. The quantitative estimate of drug-likeness (QED) is 0.741. The number of ether oxygens (including phenoxy) is 1. The third-order valence-corrected chi connectivity index (χ3v) is 3.15. The van der Waals surface area contributed by atoms with Crippen molar-refractivity contribution in [1.82, 2.24) is 0 Å². The van der Waals surface area contributed by atoms with Crippen molar-refractivity contribution in [2.24, 2.45) is 11.7 Å². The van der Waals surface area contributed by atoms with Gasteiger partial charge in [0, 0.05) is 11.6 Å². The Morgan fingerprint density at radius 2 is 2.05 bits per heavy atom. The molecule has 1 aromatic carbocycles. The number of hydrogen-bond donors (Lipinski definition) is 1. The molecule has 2 nitrogen and oxygen atoms in total. The summed E-state index contributed by atoms with van der Waals surface area (Å²) in [6.07, 6.45) is -2.18. The zero-order valence-corrected chi connectivity index (χ0v) is 11.9. The molecule has 0 amide bonds. The van der Waals surface area contributed by atoms with Crippen LogP contribution in [0.25, 0.3) is 0 Å². The highest BCUT2D eigenvalue weighted by molar-refractivity contribution is 6.30. The summed E-state index contributed by atoms with van der Waals surface area (Å²) in [7, 11) is 0. The molecule has 0 fully saturated rings. The van der Waals surface area contributed by atoms with E-state index < -0.39 is 12.8 Å². The van der Waals surface area contributed by atoms with Crippen LogP contribution in [-0.4, -0.2) is 25.9 Å². The molecule has 1 atom stereocenters. The molecule has 0 aliphatic rings. The van der Waals surface area contributed by atoms with E-state index in [1.807, 2.05) is 18.2 Å². The van der Waals surface area contributed by atoms with E-state index in [0.717, 1.165) is 18.4 Å². The van der Waals surface area contributed by atoms with Gasteiger partial charge in [0.05, 0.1) is 0 Å². The van der Waals surface area contributed by atoms with Gasteiger partial charge in [-0.3, -0.25) is 0 Å². The molecule has 0 saturated carbocycles. The molecule has 0 spiro atoms. The summed E-state index contributed by atoms with van der Waals surface area (Å²) in [6.45, 7) is -0.591. The van der Waals surface area contributed by atoms with E-state index in [1.165, 1.54) is 0 Å². The maximum absolute atomic E-state index is 11.9. The van der Waals surface area contributed by atoms with Crippen LogP contribution in [0.2, 0.25) is 5.02 Å². The molecule has 20 heavy (non-hydrogen) atoms. The Hall–Kier alpha value is -0.780. The molecule has 1 unspecified atom stereocenters. The predicted molar refractivity (Wildman–Crippen MR) is 73.8 cm³/mol. The van der Waals surface area contributed by atoms with Crippen molar-refractivity contribution < 1.29 is 17.9 Å². The molecule has 1 rings (SSSR count). The van der Waals surface area contributed by atoms with Gasteiger partial charge in [-0.25, -0.2) is 0 Å². The van der Waals surface area contributed by atoms with Crippen LogP contribution in [0.4, 0.5) is 13.2 Å². The highest BCUT2D eigenvalue weighted by atomic mass is 35.5. The lowest BCUT2D eigenvalue weighted by Gasteiger charge is -2.15. The van der Waals surface area contributed by atoms with Crippen LogP contribution in [-0.2, 0) is 11.2 Å². The summed E-state index contributed by atoms with van der Waals surface area (Å²) in [5.74, 6) is 0.225. The van der Waals surface area contributed by atoms with Gasteiger partial charge in [0.2, 0.25) is 0 Å². The second-order valence-electron chi connectivity index (χ2n) is 4.75. The Morgan fingerprint density at radius 1 is 1.30 bits per heavy atom. The summed E-state index contributed by atoms with van der Waals surface area (Å²) >= 11 is 5.90. The van der Waals surface area contributed by atoms with Crippen molar-refractivity contribution in [3.8, 4) is 0 Å². The third kappa shape index (κ3) is 7.72. The summed E-state index contributed by atoms with van der Waals surface area (Å²) in [5.41, 5.74) is 6.78. The molecule has 0 heterocycles. The van der Waals surface area contributed by atoms with Gasteiger partial charge < -0.3 is 10.5 Å². The first-order chi connectivity index (χ1) is 9.40. The van der Waals surface area contributed by atoms with Crippen LogP contribution < -0.4 is 5.73 Å². The fourth-order valence-electron chi connectivity index (χ4n) is 1.96. The number of hydrogen-bond acceptors (Lipinski definition) is 2. The Morgan fingerprint density at radius 3 is 2.65 bits per heavy atom. The maximum Gasteiger partial charge on any atom is 0.411 e. The van der Waals surface area contributed by atoms with Crippen molar-refractivity contribution in [2.45, 2.75) is 25.4 Å². The zero-order valence-electron chi connectivity index (χ0n) is 11.1. The smallest absolute Gasteiger partial charge is 0.372 e. The monoisotopic (exact) mass is 309 g/mol. The van der Waals surface area contributed by atoms with Crippen LogP contribution in [0.3, 0.4) is 0 Å². The average molecular weight is 310 g/mol. The van der Waals surface area contributed by atoms with Gasteiger partial charge in [-0.05, 0) is 49.4 Å². The Labute approximate surface area is 122 Å². The summed E-state index contributed by atoms with van der Waals surface area (Å²) in [4.78, 5) is 0. The largest absolute Gasteiger partial charge is 0.411 e. The van der Waals surface area contributed by atoms with Crippen LogP contribution in [0.15, 0.2) is 24.3 Å². The second-order valence-corrected chi connectivity index (χ2v) is 5.18. The number of nitrogens with two attached hydrogens (primary N) is 1. The molecule has 0 bridgehead atoms. The first-order valence-electron chi connectivity index (χ1n) is 6.49. The van der Waals surface area contributed by atoms with Gasteiger partial charge in [-0.2, -0.15) is 13.2 Å². The van der Waals surface area contributed by atoms with Crippen molar-refractivity contribution >= 4 is 11.6 Å². The third-order valence-electron chi connectivity index (χ3n) is 2.91. The highest BCUT2D eigenvalue weighted by Gasteiger charge is 2.27. The summed E-state index contributed by atoms with van der Waals surface area (Å²) in [6, 6.07) is 7.52. The normalized spacial score (nSPS) is 13.4. The van der Waals surface area contributed by atoms with Crippen LogP contribution in [0.5, 0.6) is 0 Å². The van der Waals surface area contributed by atoms with Crippen LogP contribution >= 0.6 is 11.6 Å². The van der Waals surface area contributed by atoms with E-state index in [2.05, 4.69) is 4.74 Å². The van der Waals surface area contributed by atoms with Gasteiger partial charge in [0.1, 0.15) is 6.61 Å². The van der Waals surface area contributed by atoms with E-state index >= 15 is 0 Å². The van der Waals surface area contributed by atoms with Gasteiger partial charge in [0.25, 0.3) is 0 Å². The highest BCUT2D eigenvalue weighted by Crippen LogP contribution is 2.18. The SMILES string of the molecule is NCC(CCCOCC(F)(F)F)Cc1cccc(Cl)c1. The maximum atomic E-state index is 11.9. The average Bonchev–Trinajstić information content (AvgIpc) is 2.35. The van der Waals surface area contributed by atoms with Crippen LogP contribution in [0, 0.1) is 5.92 Å². The molecular weight excluding hydrogens is 291 g/mol. The van der Waals surface area contributed by atoms with Gasteiger partial charge in [-0.1, -0.05) is 23.7 Å². The van der Waals surface area contributed by atoms with Crippen molar-refractivity contribution in [3.63, 3.8) is 0 Å². The van der Waals surface area contributed by atoms with E-state index in [0.29, 0.717) is 18.0 Å². The standard InChI is InChI=1S/C14H19ClF3NO/c15-13-5-1-3-11(8-13)7-12(9-19)4-2-6-20-10-14(16,17)18/h1,3,5,8,12H,2,4,6-7,9-10,19H2. The molecule has 6 heteroatoms. The Kier molecular flexibility index (Phi) is 7.34. The number of halogens is 4. The first kappa shape index (κ1) is 17.3. The minimum absolute atomic E-state index is 0.103. The number of alkyl halides is 3. The molecular formula is C14H19ClF3NO. The molecule has 1 aromatic rings. The van der Waals surface area contributed by atoms with E-state index in [4.69, 9.17) is 17.3 Å². The molecule has 0 aliphatic heterocycles. The van der Waals surface area contributed by atoms with Crippen molar-refractivity contribution in [3.05, 3.63) is 34.9 Å². The predicted octanol–water partition coefficient (Wildman–Crippen LogP) is 3.82. The molecule has 0 radical (unpaired) electrons. The lowest BCUT2D eigenvalue weighted by atomic mass is 9.95. The van der Waals surface area contributed by atoms with Gasteiger partial charge >= 0.3 is 6.18 Å². The molecule has 0 aliphatic carbocycles. The zero-order chi connectivity index (χ0) is 15.0. The minimum Gasteiger partial charge on any atom is -0.372 e. The minimum atomic E-state index is -4.26. The summed E-state index contributed by atoms with van der Waals surface area (Å²) < 4.78 is 40.2. The van der Waals surface area contributed by atoms with Crippen molar-refractivity contribution in [1.29, 1.82) is 0 Å². The van der Waals surface area contributed by atoms with Gasteiger partial charge in [-0.15, -0.1) is 0 Å². The lowest BCUT2D eigenvalue weighted by Crippen LogP contribution is -2.19. The van der Waals surface area contributed by atoms with Crippen molar-refractivity contribution in [2.75, 3.05) is 19.8 Å². The fourth-order valence-corrected chi connectivity index (χ4v) is 2.18. The summed E-state index contributed by atoms with van der Waals surface area (Å²) in [5, 5.41) is 0.673. The number of rotatable bonds is 8. The second kappa shape index (κ2) is 8.49. The molecule has 0 saturated heterocycles. The molecule has 114 valence electrons. The Balaban J connectivity index is 2.26. The molecule has 2 N–H and O–H groups in total. The van der Waals surface area contributed by atoms with Crippen LogP contribution in [0.1, 0.15) is 18.4 Å². The van der Waals surface area contributed by atoms with E-state index in [-0.39, 0.29) is 12.5 Å². The first-order valence-corrected chi connectivity index (χ1v) is 6.87. The lowest BCUT2D eigenvalue weighted by molar-refractivity contribution is -0.174. The van der Waals surface area contributed by atoms with E-state index in [1.54, 1.807) is 6.07 Å². The number of benzene rings is 1. The topological polar surface area (TPSA) is 35.2 Å². The fraction of sp³-hybridized carbons (Fsp3) is 0.571. The molecule has 0 aromatic heterocycles.